The van der Waals surface area contributed by atoms with Crippen molar-refractivity contribution in [1.82, 2.24) is 4.57 Å². The average molecular weight is 425 g/mol. The normalized spacial score (nSPS) is 12.6. The number of aromatic nitrogens is 1. The van der Waals surface area contributed by atoms with Crippen molar-refractivity contribution in [3.05, 3.63) is 57.9 Å². The lowest BCUT2D eigenvalue weighted by molar-refractivity contribution is 0.0994. The van der Waals surface area contributed by atoms with Gasteiger partial charge >= 0.3 is 0 Å². The van der Waals surface area contributed by atoms with Gasteiger partial charge in [0.25, 0.3) is 5.91 Å². The first-order valence-electron chi connectivity index (χ1n) is 7.97. The number of ether oxygens (including phenoxy) is 1. The average Bonchev–Trinajstić information content (AvgIpc) is 2.95. The number of hydrogen-bond donors (Lipinski definition) is 0. The highest BCUT2D eigenvalue weighted by Crippen LogP contribution is 2.22. The van der Waals surface area contributed by atoms with Crippen molar-refractivity contribution in [2.24, 2.45) is 4.99 Å². The van der Waals surface area contributed by atoms with E-state index in [0.29, 0.717) is 23.0 Å². The van der Waals surface area contributed by atoms with E-state index < -0.39 is 15.7 Å². The highest BCUT2D eigenvalue weighted by molar-refractivity contribution is 7.90. The van der Waals surface area contributed by atoms with E-state index in [1.165, 1.54) is 23.5 Å². The maximum Gasteiger partial charge on any atom is 0.280 e. The second-order valence-corrected chi connectivity index (χ2v) is 9.26. The number of sulfone groups is 1. The fraction of sp³-hybridized carbons (Fsp3) is 0.222. The van der Waals surface area contributed by atoms with Crippen LogP contribution in [0.1, 0.15) is 10.4 Å². The molecular formula is C18H17ClN2O4S2. The fourth-order valence-corrected chi connectivity index (χ4v) is 4.86. The van der Waals surface area contributed by atoms with Crippen LogP contribution < -0.4 is 4.80 Å². The first kappa shape index (κ1) is 19.8. The topological polar surface area (TPSA) is 77.7 Å². The lowest BCUT2D eigenvalue weighted by Crippen LogP contribution is -2.20. The second kappa shape index (κ2) is 7.93. The summed E-state index contributed by atoms with van der Waals surface area (Å²) < 4.78 is 31.8. The van der Waals surface area contributed by atoms with Crippen LogP contribution in [0.15, 0.2) is 52.4 Å². The number of halogens is 1. The Labute approximate surface area is 165 Å². The van der Waals surface area contributed by atoms with Crippen LogP contribution in [0.5, 0.6) is 0 Å². The number of thiazole rings is 1. The Hall–Kier alpha value is -2.00. The van der Waals surface area contributed by atoms with Gasteiger partial charge in [0.1, 0.15) is 0 Å². The Balaban J connectivity index is 2.17. The van der Waals surface area contributed by atoms with E-state index in [1.807, 2.05) is 10.6 Å². The molecule has 27 heavy (non-hydrogen) atoms. The van der Waals surface area contributed by atoms with Gasteiger partial charge in [0.05, 0.1) is 27.3 Å². The molecule has 0 N–H and O–H groups in total. The largest absolute Gasteiger partial charge is 0.383 e. The first-order valence-corrected chi connectivity index (χ1v) is 11.1. The number of hydrogen-bond acceptors (Lipinski definition) is 5. The lowest BCUT2D eigenvalue weighted by Gasteiger charge is -2.05. The van der Waals surface area contributed by atoms with Gasteiger partial charge in [-0.1, -0.05) is 35.1 Å². The van der Waals surface area contributed by atoms with Crippen LogP contribution >= 0.6 is 22.9 Å². The van der Waals surface area contributed by atoms with Crippen molar-refractivity contribution in [2.45, 2.75) is 11.4 Å². The third kappa shape index (κ3) is 4.30. The molecule has 0 saturated carbocycles. The van der Waals surface area contributed by atoms with E-state index in [1.54, 1.807) is 31.4 Å². The van der Waals surface area contributed by atoms with Crippen molar-refractivity contribution < 1.29 is 17.9 Å². The number of benzene rings is 2. The molecule has 2 aromatic carbocycles. The smallest absolute Gasteiger partial charge is 0.280 e. The minimum absolute atomic E-state index is 0.0358. The Morgan fingerprint density at radius 2 is 2.00 bits per heavy atom. The molecule has 3 rings (SSSR count). The first-order chi connectivity index (χ1) is 12.8. The molecule has 0 spiro atoms. The number of nitrogens with zero attached hydrogens (tertiary/aromatic N) is 2. The van der Waals surface area contributed by atoms with E-state index in [0.717, 1.165) is 16.5 Å². The van der Waals surface area contributed by atoms with E-state index in [9.17, 15) is 13.2 Å². The molecule has 6 nitrogen and oxygen atoms in total. The Morgan fingerprint density at radius 3 is 2.70 bits per heavy atom. The molecule has 0 atom stereocenters. The summed E-state index contributed by atoms with van der Waals surface area (Å²) >= 11 is 7.38. The van der Waals surface area contributed by atoms with Crippen molar-refractivity contribution in [3.63, 3.8) is 0 Å². The maximum absolute atomic E-state index is 12.8. The third-order valence-electron chi connectivity index (χ3n) is 3.88. The standard InChI is InChI=1S/C18H17ClN2O4S2/c1-25-10-9-21-14-8-7-12(19)11-15(14)26-18(21)20-17(22)13-5-3-4-6-16(13)27(2,23)24/h3-8,11H,9-10H2,1-2H3. The van der Waals surface area contributed by atoms with Gasteiger partial charge in [-0.25, -0.2) is 8.42 Å². The molecule has 0 unspecified atom stereocenters. The monoisotopic (exact) mass is 424 g/mol. The molecule has 0 saturated heterocycles. The Morgan fingerprint density at radius 1 is 1.26 bits per heavy atom. The van der Waals surface area contributed by atoms with E-state index >= 15 is 0 Å². The second-order valence-electron chi connectivity index (χ2n) is 5.83. The van der Waals surface area contributed by atoms with Gasteiger partial charge in [0, 0.05) is 24.9 Å². The van der Waals surface area contributed by atoms with Gasteiger partial charge in [-0.3, -0.25) is 4.79 Å². The third-order valence-corrected chi connectivity index (χ3v) is 6.31. The zero-order valence-electron chi connectivity index (χ0n) is 14.7. The van der Waals surface area contributed by atoms with Gasteiger partial charge in [0.2, 0.25) is 0 Å². The van der Waals surface area contributed by atoms with Crippen LogP contribution in [-0.4, -0.2) is 38.9 Å². The predicted octanol–water partition coefficient (Wildman–Crippen LogP) is 3.15. The van der Waals surface area contributed by atoms with Gasteiger partial charge < -0.3 is 9.30 Å². The predicted molar refractivity (Wildman–Crippen MR) is 106 cm³/mol. The van der Waals surface area contributed by atoms with Gasteiger partial charge in [-0.05, 0) is 30.3 Å². The van der Waals surface area contributed by atoms with E-state index in [2.05, 4.69) is 4.99 Å². The summed E-state index contributed by atoms with van der Waals surface area (Å²) in [5.74, 6) is -0.611. The van der Waals surface area contributed by atoms with Crippen molar-refractivity contribution in [3.8, 4) is 0 Å². The highest BCUT2D eigenvalue weighted by Gasteiger charge is 2.18. The number of carbonyl (C=O) groups is 1. The molecule has 9 heteroatoms. The van der Waals surface area contributed by atoms with E-state index in [4.69, 9.17) is 16.3 Å². The van der Waals surface area contributed by atoms with Crippen LogP contribution in [-0.2, 0) is 21.1 Å². The molecule has 0 aliphatic heterocycles. The van der Waals surface area contributed by atoms with Crippen LogP contribution in [0.2, 0.25) is 5.02 Å². The summed E-state index contributed by atoms with van der Waals surface area (Å²) in [5, 5.41) is 0.586. The summed E-state index contributed by atoms with van der Waals surface area (Å²) in [6.45, 7) is 0.938. The van der Waals surface area contributed by atoms with Gasteiger partial charge in [0.15, 0.2) is 14.6 Å². The SMILES string of the molecule is COCCn1c(=NC(=O)c2ccccc2S(C)(=O)=O)sc2cc(Cl)ccc21. The lowest BCUT2D eigenvalue weighted by atomic mass is 10.2. The summed E-state index contributed by atoms with van der Waals surface area (Å²) in [4.78, 5) is 17.4. The summed E-state index contributed by atoms with van der Waals surface area (Å²) in [7, 11) is -1.95. The fourth-order valence-electron chi connectivity index (χ4n) is 2.64. The number of carbonyl (C=O) groups excluding carboxylic acids is 1. The number of fused-ring (bicyclic) bond motifs is 1. The summed E-state index contributed by atoms with van der Waals surface area (Å²) in [6, 6.07) is 11.5. The molecule has 0 fully saturated rings. The molecule has 0 radical (unpaired) electrons. The van der Waals surface area contributed by atoms with Crippen LogP contribution in [0.4, 0.5) is 0 Å². The highest BCUT2D eigenvalue weighted by atomic mass is 35.5. The van der Waals surface area contributed by atoms with Crippen molar-refractivity contribution in [2.75, 3.05) is 20.0 Å². The van der Waals surface area contributed by atoms with Crippen LogP contribution in [0.25, 0.3) is 10.2 Å². The molecular weight excluding hydrogens is 408 g/mol. The number of methoxy groups -OCH3 is 1. The maximum atomic E-state index is 12.8. The van der Waals surface area contributed by atoms with Gasteiger partial charge in [-0.15, -0.1) is 0 Å². The molecule has 1 heterocycles. The molecule has 1 amide bonds. The molecule has 1 aromatic heterocycles. The number of rotatable bonds is 5. The van der Waals surface area contributed by atoms with Crippen molar-refractivity contribution >= 4 is 48.9 Å². The summed E-state index contributed by atoms with van der Waals surface area (Å²) in [5.41, 5.74) is 0.929. The zero-order chi connectivity index (χ0) is 19.6. The molecule has 0 aliphatic carbocycles. The van der Waals surface area contributed by atoms with Gasteiger partial charge in [-0.2, -0.15) is 4.99 Å². The number of amides is 1. The van der Waals surface area contributed by atoms with Crippen molar-refractivity contribution in [1.29, 1.82) is 0 Å². The zero-order valence-corrected chi connectivity index (χ0v) is 17.1. The summed E-state index contributed by atoms with van der Waals surface area (Å²) in [6.07, 6.45) is 1.07. The Kier molecular flexibility index (Phi) is 5.81. The van der Waals surface area contributed by atoms with E-state index in [-0.39, 0.29) is 10.5 Å². The minimum Gasteiger partial charge on any atom is -0.383 e. The quantitative estimate of drug-likeness (QED) is 0.630. The Bertz CT molecular complexity index is 1180. The van der Waals surface area contributed by atoms with Crippen LogP contribution in [0, 0.1) is 0 Å². The molecule has 0 aliphatic rings. The van der Waals surface area contributed by atoms with Crippen LogP contribution in [0.3, 0.4) is 0 Å². The molecule has 142 valence electrons. The minimum atomic E-state index is -3.55. The molecule has 0 bridgehead atoms. The molecule has 3 aromatic rings.